The number of phenolic OH excluding ortho intramolecular Hbond substituents is 1. The van der Waals surface area contributed by atoms with Crippen LogP contribution in [0.2, 0.25) is 0 Å². The number of hydrogen-bond acceptors (Lipinski definition) is 6. The van der Waals surface area contributed by atoms with Gasteiger partial charge in [-0.1, -0.05) is 12.1 Å². The number of piperazine rings is 1. The maximum absolute atomic E-state index is 12.6. The maximum atomic E-state index is 12.6. The molecule has 2 aromatic heterocycles. The van der Waals surface area contributed by atoms with Gasteiger partial charge in [0.15, 0.2) is 5.65 Å². The molecule has 26 heavy (non-hydrogen) atoms. The third-order valence-corrected chi connectivity index (χ3v) is 5.11. The summed E-state index contributed by atoms with van der Waals surface area (Å²) in [4.78, 5) is 25.2. The minimum Gasteiger partial charge on any atom is -0.507 e. The third kappa shape index (κ3) is 2.78. The third-order valence-electron chi connectivity index (χ3n) is 4.56. The fourth-order valence-electron chi connectivity index (χ4n) is 3.21. The lowest BCUT2D eigenvalue weighted by molar-refractivity contribution is 0.0743. The van der Waals surface area contributed by atoms with E-state index in [1.807, 2.05) is 7.05 Å². The minimum atomic E-state index is -0.154. The number of rotatable bonds is 2. The van der Waals surface area contributed by atoms with Crippen LogP contribution in [0.1, 0.15) is 10.4 Å². The van der Waals surface area contributed by atoms with E-state index in [-0.39, 0.29) is 11.7 Å². The van der Waals surface area contributed by atoms with E-state index in [0.29, 0.717) is 36.3 Å². The first kappa shape index (κ1) is 16.8. The van der Waals surface area contributed by atoms with Gasteiger partial charge in [-0.2, -0.15) is 5.10 Å². The number of aromatic nitrogens is 4. The predicted molar refractivity (Wildman–Crippen MR) is 100 cm³/mol. The van der Waals surface area contributed by atoms with E-state index >= 15 is 0 Å². The van der Waals surface area contributed by atoms with Crippen LogP contribution in [-0.4, -0.2) is 61.8 Å². The van der Waals surface area contributed by atoms with Crippen molar-refractivity contribution >= 4 is 38.7 Å². The number of fused-ring (bicyclic) bond motifs is 1. The summed E-state index contributed by atoms with van der Waals surface area (Å²) in [5.74, 6) is 0.666. The van der Waals surface area contributed by atoms with Gasteiger partial charge in [0, 0.05) is 33.2 Å². The number of hydrogen-bond donors (Lipinski definition) is 1. The minimum absolute atomic E-state index is 0.0109. The second kappa shape index (κ2) is 6.56. The molecule has 0 spiro atoms. The number of anilines is 1. The largest absolute Gasteiger partial charge is 0.507 e. The first-order valence-corrected chi connectivity index (χ1v) is 9.01. The molecular weight excluding hydrogens is 400 g/mol. The molecular formula is C17H17BrN6O2. The molecule has 134 valence electrons. The number of carbonyl (C=O) groups is 1. The molecule has 1 fully saturated rings. The molecule has 1 saturated heterocycles. The molecule has 3 heterocycles. The highest BCUT2D eigenvalue weighted by atomic mass is 79.9. The number of carbonyl (C=O) groups excluding carboxylic acids is 1. The van der Waals surface area contributed by atoms with Crippen molar-refractivity contribution < 1.29 is 9.90 Å². The SMILES string of the molecule is Cn1nc(Br)c2c(N3CCN(C(=O)c4ccccc4O)CC3)ncnc21. The van der Waals surface area contributed by atoms with Crippen molar-refractivity contribution in [2.24, 2.45) is 7.05 Å². The van der Waals surface area contributed by atoms with Gasteiger partial charge in [0.05, 0.1) is 10.9 Å². The van der Waals surface area contributed by atoms with Crippen LogP contribution in [0.25, 0.3) is 11.0 Å². The van der Waals surface area contributed by atoms with Crippen LogP contribution in [0.4, 0.5) is 5.82 Å². The molecule has 1 aliphatic rings. The Hall–Kier alpha value is -2.68. The van der Waals surface area contributed by atoms with Gasteiger partial charge < -0.3 is 14.9 Å². The summed E-state index contributed by atoms with van der Waals surface area (Å²) in [5, 5.41) is 15.1. The number of aromatic hydroxyl groups is 1. The summed E-state index contributed by atoms with van der Waals surface area (Å²) in [7, 11) is 1.84. The zero-order chi connectivity index (χ0) is 18.3. The molecule has 1 N–H and O–H groups in total. The highest BCUT2D eigenvalue weighted by Crippen LogP contribution is 2.30. The average Bonchev–Trinajstić information content (AvgIpc) is 2.96. The van der Waals surface area contributed by atoms with E-state index < -0.39 is 0 Å². The van der Waals surface area contributed by atoms with E-state index in [1.54, 1.807) is 27.8 Å². The normalized spacial score (nSPS) is 14.8. The summed E-state index contributed by atoms with van der Waals surface area (Å²) in [6.45, 7) is 2.40. The number of halogens is 1. The molecule has 9 heteroatoms. The Morgan fingerprint density at radius 1 is 1.15 bits per heavy atom. The van der Waals surface area contributed by atoms with Crippen LogP contribution in [-0.2, 0) is 7.05 Å². The highest BCUT2D eigenvalue weighted by molar-refractivity contribution is 9.10. The van der Waals surface area contributed by atoms with Crippen molar-refractivity contribution in [1.29, 1.82) is 0 Å². The molecule has 4 rings (SSSR count). The molecule has 1 aliphatic heterocycles. The lowest BCUT2D eigenvalue weighted by Gasteiger charge is -2.35. The Balaban J connectivity index is 1.54. The Morgan fingerprint density at radius 2 is 1.88 bits per heavy atom. The summed E-state index contributed by atoms with van der Waals surface area (Å²) < 4.78 is 2.42. The Morgan fingerprint density at radius 3 is 2.62 bits per heavy atom. The maximum Gasteiger partial charge on any atom is 0.257 e. The zero-order valence-corrected chi connectivity index (χ0v) is 15.7. The van der Waals surface area contributed by atoms with Crippen LogP contribution >= 0.6 is 15.9 Å². The van der Waals surface area contributed by atoms with Crippen molar-refractivity contribution in [3.63, 3.8) is 0 Å². The predicted octanol–water partition coefficient (Wildman–Crippen LogP) is 1.79. The fourth-order valence-corrected chi connectivity index (χ4v) is 3.80. The highest BCUT2D eigenvalue weighted by Gasteiger charge is 2.26. The topological polar surface area (TPSA) is 87.4 Å². The number of amides is 1. The summed E-state index contributed by atoms with van der Waals surface area (Å²) in [6, 6.07) is 6.63. The zero-order valence-electron chi connectivity index (χ0n) is 14.1. The van der Waals surface area contributed by atoms with Crippen LogP contribution in [0.3, 0.4) is 0 Å². The van der Waals surface area contributed by atoms with Crippen molar-refractivity contribution in [3.05, 3.63) is 40.8 Å². The number of aryl methyl sites for hydroxylation is 1. The standard InChI is InChI=1S/C17H17BrN6O2/c1-22-15-13(14(18)21-22)16(20-10-19-15)23-6-8-24(9-7-23)17(26)11-4-2-3-5-12(11)25/h2-5,10,25H,6-9H2,1H3. The lowest BCUT2D eigenvalue weighted by Crippen LogP contribution is -2.49. The smallest absolute Gasteiger partial charge is 0.257 e. The summed E-state index contributed by atoms with van der Waals surface area (Å²) in [5.41, 5.74) is 1.09. The van der Waals surface area contributed by atoms with E-state index in [2.05, 4.69) is 35.9 Å². The van der Waals surface area contributed by atoms with Crippen LogP contribution in [0, 0.1) is 0 Å². The second-order valence-corrected chi connectivity index (χ2v) is 6.86. The Labute approximate surface area is 158 Å². The first-order valence-electron chi connectivity index (χ1n) is 8.21. The molecule has 1 amide bonds. The molecule has 0 atom stereocenters. The van der Waals surface area contributed by atoms with Gasteiger partial charge in [-0.15, -0.1) is 0 Å². The van der Waals surface area contributed by atoms with Gasteiger partial charge in [-0.05, 0) is 28.1 Å². The van der Waals surface area contributed by atoms with Crippen molar-refractivity contribution in [2.45, 2.75) is 0 Å². The van der Waals surface area contributed by atoms with E-state index in [9.17, 15) is 9.90 Å². The lowest BCUT2D eigenvalue weighted by atomic mass is 10.1. The molecule has 3 aromatic rings. The van der Waals surface area contributed by atoms with Gasteiger partial charge in [0.25, 0.3) is 5.91 Å². The van der Waals surface area contributed by atoms with Crippen LogP contribution in [0.5, 0.6) is 5.75 Å². The molecule has 1 aromatic carbocycles. The van der Waals surface area contributed by atoms with Gasteiger partial charge in [0.1, 0.15) is 22.5 Å². The van der Waals surface area contributed by atoms with E-state index in [0.717, 1.165) is 16.9 Å². The number of benzene rings is 1. The monoisotopic (exact) mass is 416 g/mol. The number of nitrogens with zero attached hydrogens (tertiary/aromatic N) is 6. The van der Waals surface area contributed by atoms with E-state index in [4.69, 9.17) is 0 Å². The van der Waals surface area contributed by atoms with E-state index in [1.165, 1.54) is 12.4 Å². The fraction of sp³-hybridized carbons (Fsp3) is 0.294. The molecule has 0 radical (unpaired) electrons. The summed E-state index contributed by atoms with van der Waals surface area (Å²) in [6.07, 6.45) is 1.53. The van der Waals surface area contributed by atoms with Crippen molar-refractivity contribution in [2.75, 3.05) is 31.1 Å². The van der Waals surface area contributed by atoms with Gasteiger partial charge in [-0.3, -0.25) is 4.79 Å². The molecule has 0 aliphatic carbocycles. The summed E-state index contributed by atoms with van der Waals surface area (Å²) >= 11 is 3.48. The Kier molecular flexibility index (Phi) is 4.23. The average molecular weight is 417 g/mol. The van der Waals surface area contributed by atoms with Crippen molar-refractivity contribution in [1.82, 2.24) is 24.6 Å². The first-order chi connectivity index (χ1) is 12.6. The second-order valence-electron chi connectivity index (χ2n) is 6.11. The van der Waals surface area contributed by atoms with Crippen LogP contribution in [0.15, 0.2) is 35.2 Å². The molecule has 0 unspecified atom stereocenters. The quantitative estimate of drug-likeness (QED) is 0.684. The number of phenols is 1. The molecule has 0 saturated carbocycles. The van der Waals surface area contributed by atoms with Gasteiger partial charge in [-0.25, -0.2) is 14.6 Å². The Bertz CT molecular complexity index is 981. The van der Waals surface area contributed by atoms with Gasteiger partial charge >= 0.3 is 0 Å². The van der Waals surface area contributed by atoms with Crippen molar-refractivity contribution in [3.8, 4) is 5.75 Å². The van der Waals surface area contributed by atoms with Crippen LogP contribution < -0.4 is 4.90 Å². The van der Waals surface area contributed by atoms with Gasteiger partial charge in [0.2, 0.25) is 0 Å². The molecule has 8 nitrogen and oxygen atoms in total. The molecule has 0 bridgehead atoms. The number of para-hydroxylation sites is 1.